The lowest BCUT2D eigenvalue weighted by molar-refractivity contribution is -0.144. The van der Waals surface area contributed by atoms with E-state index in [-0.39, 0.29) is 10.5 Å². The summed E-state index contributed by atoms with van der Waals surface area (Å²) >= 11 is 0. The second-order valence-electron chi connectivity index (χ2n) is 8.29. The Kier molecular flexibility index (Phi) is 8.28. The molecule has 1 aliphatic rings. The van der Waals surface area contributed by atoms with E-state index in [4.69, 9.17) is 9.47 Å². The van der Waals surface area contributed by atoms with Crippen LogP contribution in [0.1, 0.15) is 49.8 Å². The van der Waals surface area contributed by atoms with Crippen LogP contribution in [0.5, 0.6) is 0 Å². The summed E-state index contributed by atoms with van der Waals surface area (Å²) in [5.74, 6) is -1.66. The zero-order chi connectivity index (χ0) is 24.9. The molecule has 182 valence electrons. The molecule has 3 rings (SSSR count). The quantitative estimate of drug-likeness (QED) is 0.124. The number of benzene rings is 2. The molecule has 0 radical (unpaired) electrons. The van der Waals surface area contributed by atoms with Gasteiger partial charge in [-0.15, -0.1) is 0 Å². The molecule has 0 N–H and O–H groups in total. The van der Waals surface area contributed by atoms with Crippen LogP contribution in [-0.4, -0.2) is 44.9 Å². The van der Waals surface area contributed by atoms with Crippen LogP contribution in [0.2, 0.25) is 0 Å². The lowest BCUT2D eigenvalue weighted by Gasteiger charge is -2.13. The van der Waals surface area contributed by atoms with Gasteiger partial charge in [-0.3, -0.25) is 0 Å². The molecule has 0 aromatic heterocycles. The first-order valence-electron chi connectivity index (χ1n) is 11.3. The van der Waals surface area contributed by atoms with E-state index >= 15 is 0 Å². The van der Waals surface area contributed by atoms with Gasteiger partial charge >= 0.3 is 11.9 Å². The normalized spacial score (nSPS) is 19.2. The minimum Gasteiger partial charge on any atom is -0.465 e. The van der Waals surface area contributed by atoms with Gasteiger partial charge in [-0.2, -0.15) is 4.31 Å². The van der Waals surface area contributed by atoms with Gasteiger partial charge in [0.2, 0.25) is 10.0 Å². The molecule has 0 saturated carbocycles. The highest BCUT2D eigenvalue weighted by atomic mass is 32.2. The Morgan fingerprint density at radius 2 is 1.50 bits per heavy atom. The minimum absolute atomic E-state index is 0.159. The standard InChI is InChI=1S/C26H31NO6S/c1-5-6-8-13-21(22(25(28)32-3)26(29)33-4)24-23(19-11-9-7-10-12-19)27(24)34(30,31)20-16-14-18(2)15-17-20/h7,9-12,14-17,23-24H,5-6,8,13H2,1-4H3/t23-,24+,27?/m0/s1. The number of nitrogens with zero attached hydrogens (tertiary/aromatic N) is 1. The van der Waals surface area contributed by atoms with E-state index in [2.05, 4.69) is 0 Å². The summed E-state index contributed by atoms with van der Waals surface area (Å²) in [5.41, 5.74) is 1.93. The van der Waals surface area contributed by atoms with E-state index in [0.717, 1.165) is 24.0 Å². The highest BCUT2D eigenvalue weighted by Gasteiger charge is 2.59. The van der Waals surface area contributed by atoms with Gasteiger partial charge in [0.1, 0.15) is 5.57 Å². The number of esters is 2. The first kappa shape index (κ1) is 25.6. The fourth-order valence-corrected chi connectivity index (χ4v) is 5.95. The number of unbranched alkanes of at least 4 members (excludes halogenated alkanes) is 2. The number of methoxy groups -OCH3 is 2. The van der Waals surface area contributed by atoms with Crippen molar-refractivity contribution in [3.63, 3.8) is 0 Å². The predicted octanol–water partition coefficient (Wildman–Crippen LogP) is 4.33. The maximum atomic E-state index is 13.7. The van der Waals surface area contributed by atoms with Gasteiger partial charge in [-0.05, 0) is 43.0 Å². The zero-order valence-corrected chi connectivity index (χ0v) is 20.8. The molecule has 0 bridgehead atoms. The molecule has 0 spiro atoms. The van der Waals surface area contributed by atoms with Gasteiger partial charge in [0.15, 0.2) is 0 Å². The number of hydrogen-bond donors (Lipinski definition) is 0. The molecule has 2 aromatic rings. The summed E-state index contributed by atoms with van der Waals surface area (Å²) in [7, 11) is -1.52. The molecule has 2 aromatic carbocycles. The van der Waals surface area contributed by atoms with Crippen molar-refractivity contribution in [1.29, 1.82) is 0 Å². The maximum absolute atomic E-state index is 13.7. The molecule has 34 heavy (non-hydrogen) atoms. The molecular weight excluding hydrogens is 454 g/mol. The van der Waals surface area contributed by atoms with E-state index in [0.29, 0.717) is 18.4 Å². The van der Waals surface area contributed by atoms with Gasteiger partial charge in [0, 0.05) is 0 Å². The predicted molar refractivity (Wildman–Crippen MR) is 128 cm³/mol. The molecule has 0 amide bonds. The molecule has 8 heteroatoms. The number of carbonyl (C=O) groups is 2. The smallest absolute Gasteiger partial charge is 0.345 e. The van der Waals surface area contributed by atoms with Crippen LogP contribution in [0.4, 0.5) is 0 Å². The summed E-state index contributed by atoms with van der Waals surface area (Å²) in [5, 5.41) is 0. The largest absolute Gasteiger partial charge is 0.465 e. The molecule has 1 heterocycles. The summed E-state index contributed by atoms with van der Waals surface area (Å²) in [6, 6.07) is 14.6. The first-order valence-corrected chi connectivity index (χ1v) is 12.8. The van der Waals surface area contributed by atoms with Crippen molar-refractivity contribution in [3.05, 3.63) is 76.9 Å². The van der Waals surface area contributed by atoms with Crippen LogP contribution in [-0.2, 0) is 29.1 Å². The third-order valence-electron chi connectivity index (χ3n) is 6.00. The number of sulfonamides is 1. The van der Waals surface area contributed by atoms with Crippen molar-refractivity contribution in [2.75, 3.05) is 14.2 Å². The highest BCUT2D eigenvalue weighted by Crippen LogP contribution is 2.52. The number of ether oxygens (including phenoxy) is 2. The van der Waals surface area contributed by atoms with Crippen LogP contribution in [0.15, 0.2) is 70.6 Å². The number of carbonyl (C=O) groups excluding carboxylic acids is 2. The van der Waals surface area contributed by atoms with E-state index in [1.165, 1.54) is 18.5 Å². The van der Waals surface area contributed by atoms with E-state index in [1.54, 1.807) is 24.3 Å². The summed E-state index contributed by atoms with van der Waals surface area (Å²) in [6.45, 7) is 3.93. The molecule has 1 fully saturated rings. The monoisotopic (exact) mass is 485 g/mol. The second kappa shape index (κ2) is 11.0. The zero-order valence-electron chi connectivity index (χ0n) is 20.0. The van der Waals surface area contributed by atoms with Crippen molar-refractivity contribution in [2.24, 2.45) is 0 Å². The average Bonchev–Trinajstić information content (AvgIpc) is 3.60. The number of aryl methyl sites for hydroxylation is 1. The third-order valence-corrected chi connectivity index (χ3v) is 7.88. The van der Waals surface area contributed by atoms with Crippen LogP contribution >= 0.6 is 0 Å². The van der Waals surface area contributed by atoms with Crippen molar-refractivity contribution in [3.8, 4) is 0 Å². The summed E-state index contributed by atoms with van der Waals surface area (Å²) in [4.78, 5) is 25.5. The molecule has 1 unspecified atom stereocenters. The van der Waals surface area contributed by atoms with E-state index in [1.807, 2.05) is 44.2 Å². The van der Waals surface area contributed by atoms with E-state index < -0.39 is 34.0 Å². The van der Waals surface area contributed by atoms with Crippen molar-refractivity contribution < 1.29 is 27.5 Å². The fourth-order valence-electron chi connectivity index (χ4n) is 4.20. The van der Waals surface area contributed by atoms with Crippen LogP contribution < -0.4 is 0 Å². The Hall–Kier alpha value is -2.97. The Morgan fingerprint density at radius 1 is 0.912 bits per heavy atom. The number of rotatable bonds is 10. The second-order valence-corrected chi connectivity index (χ2v) is 10.1. The van der Waals surface area contributed by atoms with Gasteiger partial charge in [0.05, 0.1) is 31.2 Å². The molecule has 0 aliphatic carbocycles. The molecule has 3 atom stereocenters. The van der Waals surface area contributed by atoms with Gasteiger partial charge in [-0.1, -0.05) is 67.8 Å². The van der Waals surface area contributed by atoms with E-state index in [9.17, 15) is 18.0 Å². The Bertz CT molecular complexity index is 1140. The number of hydrogen-bond acceptors (Lipinski definition) is 6. The molecule has 7 nitrogen and oxygen atoms in total. The molecular formula is C26H31NO6S. The topological polar surface area (TPSA) is 89.8 Å². The Morgan fingerprint density at radius 3 is 2.03 bits per heavy atom. The lowest BCUT2D eigenvalue weighted by atomic mass is 9.95. The molecule has 1 aliphatic heterocycles. The van der Waals surface area contributed by atoms with Crippen molar-refractivity contribution >= 4 is 22.0 Å². The average molecular weight is 486 g/mol. The Balaban J connectivity index is 2.18. The van der Waals surface area contributed by atoms with Gasteiger partial charge < -0.3 is 9.47 Å². The van der Waals surface area contributed by atoms with Crippen molar-refractivity contribution in [2.45, 2.75) is 56.5 Å². The summed E-state index contributed by atoms with van der Waals surface area (Å²) < 4.78 is 38.6. The first-order chi connectivity index (χ1) is 16.3. The van der Waals surface area contributed by atoms with Crippen LogP contribution in [0, 0.1) is 6.92 Å². The van der Waals surface area contributed by atoms with Gasteiger partial charge in [-0.25, -0.2) is 18.0 Å². The lowest BCUT2D eigenvalue weighted by Crippen LogP contribution is -2.23. The molecule has 1 saturated heterocycles. The van der Waals surface area contributed by atoms with Crippen molar-refractivity contribution in [1.82, 2.24) is 4.31 Å². The Labute approximate surface area is 201 Å². The minimum atomic E-state index is -3.91. The summed E-state index contributed by atoms with van der Waals surface area (Å²) in [6.07, 6.45) is 2.87. The fraction of sp³-hybridized carbons (Fsp3) is 0.385. The van der Waals surface area contributed by atoms with Crippen LogP contribution in [0.3, 0.4) is 0 Å². The maximum Gasteiger partial charge on any atom is 0.345 e. The van der Waals surface area contributed by atoms with Gasteiger partial charge in [0.25, 0.3) is 0 Å². The van der Waals surface area contributed by atoms with Crippen LogP contribution in [0.25, 0.3) is 0 Å². The highest BCUT2D eigenvalue weighted by molar-refractivity contribution is 7.89. The SMILES string of the molecule is CCCCCC(=C(C(=O)OC)C(=O)OC)[C@@H]1[C@H](c2ccccc2)N1S(=O)(=O)c1ccc(C)cc1. The third kappa shape index (κ3) is 5.23.